The average molecular weight is 386 g/mol. The molecule has 0 aromatic heterocycles. The van der Waals surface area contributed by atoms with Gasteiger partial charge in [-0.25, -0.2) is 17.9 Å². The number of primary sulfonamides is 1. The van der Waals surface area contributed by atoms with Crippen LogP contribution < -0.4 is 16.2 Å². The van der Waals surface area contributed by atoms with Gasteiger partial charge in [0.25, 0.3) is 5.91 Å². The van der Waals surface area contributed by atoms with Gasteiger partial charge in [0.15, 0.2) is 0 Å². The molecule has 1 aliphatic rings. The molecule has 1 aliphatic heterocycles. The van der Waals surface area contributed by atoms with E-state index in [1.807, 2.05) is 0 Å². The minimum Gasteiger partial charge on any atom is -0.369 e. The average Bonchev–Trinajstić information content (AvgIpc) is 2.58. The number of halogens is 1. The second kappa shape index (κ2) is 8.56. The van der Waals surface area contributed by atoms with Crippen molar-refractivity contribution >= 4 is 21.8 Å². The second-order valence-electron chi connectivity index (χ2n) is 6.34. The molecule has 2 rings (SSSR count). The molecule has 0 saturated carbocycles. The highest BCUT2D eigenvalue weighted by Gasteiger charge is 2.23. The van der Waals surface area contributed by atoms with Gasteiger partial charge in [-0.1, -0.05) is 0 Å². The number of carbonyl (C=O) groups is 2. The normalized spacial score (nSPS) is 18.5. The number of likely N-dealkylation sites (tertiary alicyclic amines) is 1. The van der Waals surface area contributed by atoms with Crippen molar-refractivity contribution in [3.63, 3.8) is 0 Å². The Balaban J connectivity index is 1.85. The standard InChI is InChI=1S/C16H23FN4O4S/c17-14-5-4-12(26(19,24)25)9-13(14)16(23)20-6-2-8-21-7-1-3-11(10-21)15(18)22/h4-5,9,11H,1-3,6-8,10H2,(H2,18,22)(H,20,23)(H2,19,24,25). The Morgan fingerprint density at radius 2 is 2.08 bits per heavy atom. The van der Waals surface area contributed by atoms with Crippen LogP contribution in [-0.4, -0.2) is 51.3 Å². The number of sulfonamides is 1. The van der Waals surface area contributed by atoms with Crippen LogP contribution in [0.15, 0.2) is 23.1 Å². The minimum atomic E-state index is -4.02. The summed E-state index contributed by atoms with van der Waals surface area (Å²) in [5.41, 5.74) is 4.96. The molecule has 26 heavy (non-hydrogen) atoms. The number of nitrogens with one attached hydrogen (secondary N) is 1. The maximum atomic E-state index is 13.8. The van der Waals surface area contributed by atoms with Crippen LogP contribution >= 0.6 is 0 Å². The molecule has 5 N–H and O–H groups in total. The zero-order valence-corrected chi connectivity index (χ0v) is 15.1. The number of carbonyl (C=O) groups excluding carboxylic acids is 2. The summed E-state index contributed by atoms with van der Waals surface area (Å²) in [4.78, 5) is 25.1. The first-order valence-corrected chi connectivity index (χ1v) is 9.85. The minimum absolute atomic E-state index is 0.145. The Bertz CT molecular complexity index is 784. The number of rotatable bonds is 7. The predicted molar refractivity (Wildman–Crippen MR) is 93.1 cm³/mol. The van der Waals surface area contributed by atoms with E-state index in [4.69, 9.17) is 10.9 Å². The van der Waals surface area contributed by atoms with Crippen LogP contribution in [-0.2, 0) is 14.8 Å². The van der Waals surface area contributed by atoms with Crippen LogP contribution in [0.1, 0.15) is 29.6 Å². The van der Waals surface area contributed by atoms with Crippen LogP contribution in [0.2, 0.25) is 0 Å². The first kappa shape index (κ1) is 20.3. The zero-order valence-electron chi connectivity index (χ0n) is 14.3. The van der Waals surface area contributed by atoms with Gasteiger partial charge in [0.1, 0.15) is 5.82 Å². The Labute approximate surface area is 151 Å². The summed E-state index contributed by atoms with van der Waals surface area (Å²) < 4.78 is 36.4. The van der Waals surface area contributed by atoms with E-state index in [2.05, 4.69) is 10.2 Å². The van der Waals surface area contributed by atoms with Crippen LogP contribution in [0.3, 0.4) is 0 Å². The van der Waals surface area contributed by atoms with Crippen LogP contribution in [0.4, 0.5) is 4.39 Å². The smallest absolute Gasteiger partial charge is 0.254 e. The summed E-state index contributed by atoms with van der Waals surface area (Å²) in [5, 5.41) is 7.55. The van der Waals surface area contributed by atoms with E-state index in [9.17, 15) is 22.4 Å². The van der Waals surface area contributed by atoms with Crippen LogP contribution in [0.5, 0.6) is 0 Å². The van der Waals surface area contributed by atoms with Gasteiger partial charge in [-0.3, -0.25) is 9.59 Å². The first-order valence-electron chi connectivity index (χ1n) is 8.30. The summed E-state index contributed by atoms with van der Waals surface area (Å²) in [6.45, 7) is 2.43. The third kappa shape index (κ3) is 5.48. The number of nitrogens with two attached hydrogens (primary N) is 2. The monoisotopic (exact) mass is 386 g/mol. The molecule has 1 atom stereocenters. The molecule has 1 fully saturated rings. The van der Waals surface area contributed by atoms with Crippen molar-refractivity contribution < 1.29 is 22.4 Å². The van der Waals surface area contributed by atoms with Gasteiger partial charge in [0.05, 0.1) is 16.4 Å². The zero-order chi connectivity index (χ0) is 19.3. The molecule has 0 radical (unpaired) electrons. The van der Waals surface area contributed by atoms with E-state index >= 15 is 0 Å². The number of hydrogen-bond donors (Lipinski definition) is 3. The maximum absolute atomic E-state index is 13.8. The molecule has 1 aromatic rings. The van der Waals surface area contributed by atoms with Gasteiger partial charge >= 0.3 is 0 Å². The largest absolute Gasteiger partial charge is 0.369 e. The number of nitrogens with zero attached hydrogens (tertiary/aromatic N) is 1. The fourth-order valence-electron chi connectivity index (χ4n) is 2.95. The highest BCUT2D eigenvalue weighted by atomic mass is 32.2. The lowest BCUT2D eigenvalue weighted by atomic mass is 9.97. The predicted octanol–water partition coefficient (Wildman–Crippen LogP) is -0.210. The molecule has 0 aliphatic carbocycles. The molecule has 10 heteroatoms. The molecular weight excluding hydrogens is 363 g/mol. The fourth-order valence-corrected chi connectivity index (χ4v) is 3.49. The van der Waals surface area contributed by atoms with Gasteiger partial charge in [-0.05, 0) is 50.6 Å². The molecule has 1 aromatic carbocycles. The van der Waals surface area contributed by atoms with E-state index < -0.39 is 21.7 Å². The highest BCUT2D eigenvalue weighted by Crippen LogP contribution is 2.16. The fraction of sp³-hybridized carbons (Fsp3) is 0.500. The molecule has 8 nitrogen and oxygen atoms in total. The van der Waals surface area contributed by atoms with Crippen LogP contribution in [0, 0.1) is 11.7 Å². The van der Waals surface area contributed by atoms with Crippen molar-refractivity contribution in [1.29, 1.82) is 0 Å². The number of amides is 2. The lowest BCUT2D eigenvalue weighted by Crippen LogP contribution is -2.42. The van der Waals surface area contributed by atoms with E-state index in [-0.39, 0.29) is 28.8 Å². The molecule has 1 saturated heterocycles. The molecule has 1 heterocycles. The van der Waals surface area contributed by atoms with Gasteiger partial charge in [0, 0.05) is 13.1 Å². The SMILES string of the molecule is NC(=O)C1CCCN(CCCNC(=O)c2cc(S(N)(=O)=O)ccc2F)C1. The Hall–Kier alpha value is -2.04. The van der Waals surface area contributed by atoms with Gasteiger partial charge < -0.3 is 16.0 Å². The Morgan fingerprint density at radius 3 is 2.73 bits per heavy atom. The van der Waals surface area contributed by atoms with Gasteiger partial charge in [-0.2, -0.15) is 0 Å². The third-order valence-corrected chi connectivity index (χ3v) is 5.27. The van der Waals surface area contributed by atoms with Crippen molar-refractivity contribution in [3.8, 4) is 0 Å². The van der Waals surface area contributed by atoms with Crippen molar-refractivity contribution in [2.75, 3.05) is 26.2 Å². The molecule has 2 amide bonds. The molecular formula is C16H23FN4O4S. The Morgan fingerprint density at radius 1 is 1.35 bits per heavy atom. The molecule has 0 bridgehead atoms. The highest BCUT2D eigenvalue weighted by molar-refractivity contribution is 7.89. The first-order chi connectivity index (χ1) is 12.2. The summed E-state index contributed by atoms with van der Waals surface area (Å²) in [6.07, 6.45) is 2.29. The number of piperidine rings is 1. The maximum Gasteiger partial charge on any atom is 0.254 e. The van der Waals surface area contributed by atoms with Crippen molar-refractivity contribution in [2.45, 2.75) is 24.2 Å². The number of primary amides is 1. The number of hydrogen-bond acceptors (Lipinski definition) is 5. The molecule has 144 valence electrons. The molecule has 1 unspecified atom stereocenters. The summed E-state index contributed by atoms with van der Waals surface area (Å²) in [6, 6.07) is 2.82. The van der Waals surface area contributed by atoms with E-state index in [1.165, 1.54) is 0 Å². The van der Waals surface area contributed by atoms with E-state index in [0.717, 1.165) is 37.6 Å². The third-order valence-electron chi connectivity index (χ3n) is 4.36. The lowest BCUT2D eigenvalue weighted by molar-refractivity contribution is -0.123. The lowest BCUT2D eigenvalue weighted by Gasteiger charge is -2.31. The van der Waals surface area contributed by atoms with Gasteiger partial charge in [0.2, 0.25) is 15.9 Å². The second-order valence-corrected chi connectivity index (χ2v) is 7.90. The van der Waals surface area contributed by atoms with E-state index in [0.29, 0.717) is 19.5 Å². The summed E-state index contributed by atoms with van der Waals surface area (Å²) in [7, 11) is -4.02. The van der Waals surface area contributed by atoms with Crippen LogP contribution in [0.25, 0.3) is 0 Å². The topological polar surface area (TPSA) is 136 Å². The van der Waals surface area contributed by atoms with Crippen molar-refractivity contribution in [3.05, 3.63) is 29.6 Å². The summed E-state index contributed by atoms with van der Waals surface area (Å²) in [5.74, 6) is -1.97. The quantitative estimate of drug-likeness (QED) is 0.557. The van der Waals surface area contributed by atoms with E-state index in [1.54, 1.807) is 0 Å². The Kier molecular flexibility index (Phi) is 6.68. The van der Waals surface area contributed by atoms with Crippen molar-refractivity contribution in [1.82, 2.24) is 10.2 Å². The molecule has 0 spiro atoms. The van der Waals surface area contributed by atoms with Gasteiger partial charge in [-0.15, -0.1) is 0 Å². The van der Waals surface area contributed by atoms with Crippen molar-refractivity contribution in [2.24, 2.45) is 16.8 Å². The summed E-state index contributed by atoms with van der Waals surface area (Å²) >= 11 is 0. The number of benzene rings is 1.